The lowest BCUT2D eigenvalue weighted by atomic mass is 9.91. The number of fused-ring (bicyclic) bond motifs is 1. The predicted molar refractivity (Wildman–Crippen MR) is 163 cm³/mol. The molecule has 0 bridgehead atoms. The lowest BCUT2D eigenvalue weighted by Crippen LogP contribution is -2.53. The van der Waals surface area contributed by atoms with E-state index in [9.17, 15) is 33.2 Å². The largest absolute Gasteiger partial charge is 0.493 e. The smallest absolute Gasteiger partial charge is 0.422 e. The molecule has 1 fully saturated rings. The third-order valence-corrected chi connectivity index (χ3v) is 8.11. The number of rotatable bonds is 11. The van der Waals surface area contributed by atoms with Crippen molar-refractivity contribution < 1.29 is 42.2 Å². The number of aliphatic hydroxyl groups is 1. The van der Waals surface area contributed by atoms with Crippen LogP contribution in [-0.4, -0.2) is 71.1 Å². The molecule has 0 spiro atoms. The van der Waals surface area contributed by atoms with Gasteiger partial charge in [-0.05, 0) is 55.7 Å². The Morgan fingerprint density at radius 2 is 1.76 bits per heavy atom. The molecule has 0 radical (unpaired) electrons. The lowest BCUT2D eigenvalue weighted by Gasteiger charge is -2.39. The van der Waals surface area contributed by atoms with Gasteiger partial charge in [-0.2, -0.15) is 13.2 Å². The molecule has 0 saturated carbocycles. The van der Waals surface area contributed by atoms with Crippen LogP contribution >= 0.6 is 0 Å². The first-order valence-electron chi connectivity index (χ1n) is 14.8. The van der Waals surface area contributed by atoms with Gasteiger partial charge in [0.15, 0.2) is 11.5 Å². The molecule has 4 aromatic rings. The van der Waals surface area contributed by atoms with Crippen molar-refractivity contribution in [3.63, 3.8) is 0 Å². The fourth-order valence-electron chi connectivity index (χ4n) is 5.77. The molecule has 5 rings (SSSR count). The van der Waals surface area contributed by atoms with Gasteiger partial charge in [0, 0.05) is 54.6 Å². The zero-order chi connectivity index (χ0) is 33.1. The van der Waals surface area contributed by atoms with Crippen LogP contribution in [0.25, 0.3) is 16.6 Å². The van der Waals surface area contributed by atoms with Crippen LogP contribution < -0.4 is 9.47 Å². The number of nitrogens with zero attached hydrogens (tertiary/aromatic N) is 3. The Morgan fingerprint density at radius 1 is 1.04 bits per heavy atom. The third kappa shape index (κ3) is 6.80. The maximum absolute atomic E-state index is 14.8. The number of piperidine rings is 1. The van der Waals surface area contributed by atoms with Crippen LogP contribution in [0.4, 0.5) is 18.9 Å². The summed E-state index contributed by atoms with van der Waals surface area (Å²) in [5.41, 5.74) is -2.59. The number of alkyl halides is 3. The van der Waals surface area contributed by atoms with Crippen LogP contribution in [0, 0.1) is 10.1 Å². The van der Waals surface area contributed by atoms with E-state index in [1.807, 2.05) is 0 Å². The van der Waals surface area contributed by atoms with Crippen molar-refractivity contribution in [1.82, 2.24) is 9.47 Å². The summed E-state index contributed by atoms with van der Waals surface area (Å²) in [6.45, 7) is 1.70. The zero-order valence-corrected chi connectivity index (χ0v) is 25.3. The van der Waals surface area contributed by atoms with E-state index in [2.05, 4.69) is 0 Å². The number of halogens is 3. The SMILES string of the molecule is CCOC(=O)Cc1ccc(OC2CCN(CC(O)(c3cn(-c4ccccc4)c4cc([N+](=O)[O-])ccc34)C(F)(F)F)CC2)c(OC)c1. The normalized spacial score (nSPS) is 15.8. The Hall–Kier alpha value is -4.62. The molecule has 1 aromatic heterocycles. The summed E-state index contributed by atoms with van der Waals surface area (Å²) < 4.78 is 62.5. The Kier molecular flexibility index (Phi) is 9.54. The van der Waals surface area contributed by atoms with E-state index < -0.39 is 23.2 Å². The van der Waals surface area contributed by atoms with E-state index in [0.29, 0.717) is 35.6 Å². The summed E-state index contributed by atoms with van der Waals surface area (Å²) >= 11 is 0. The Balaban J connectivity index is 1.36. The van der Waals surface area contributed by atoms with Crippen LogP contribution in [0.5, 0.6) is 11.5 Å². The van der Waals surface area contributed by atoms with Crippen LogP contribution in [0.1, 0.15) is 30.9 Å². The molecule has 2 heterocycles. The van der Waals surface area contributed by atoms with E-state index in [1.165, 1.54) is 30.0 Å². The molecule has 1 N–H and O–H groups in total. The topological polar surface area (TPSA) is 116 Å². The summed E-state index contributed by atoms with van der Waals surface area (Å²) in [6.07, 6.45) is -3.31. The van der Waals surface area contributed by atoms with Crippen molar-refractivity contribution in [2.75, 3.05) is 33.4 Å². The molecule has 0 aliphatic carbocycles. The number of benzene rings is 3. The summed E-state index contributed by atoms with van der Waals surface area (Å²) in [7, 11) is 1.48. The standard InChI is InChI=1S/C33H34F3N3O7/c1-3-45-31(40)18-22-9-12-29(30(17-22)44-2)46-25-13-15-37(16-14-25)21-32(41,33(34,35)36)27-20-38(23-7-5-4-6-8-23)28-19-24(39(42)43)10-11-26(27)28/h4-12,17,19-20,25,41H,3,13-16,18,21H2,1-2H3. The minimum atomic E-state index is -5.06. The number of hydrogen-bond donors (Lipinski definition) is 1. The molecule has 1 aliphatic heterocycles. The van der Waals surface area contributed by atoms with Crippen molar-refractivity contribution in [1.29, 1.82) is 0 Å². The number of ether oxygens (including phenoxy) is 3. The lowest BCUT2D eigenvalue weighted by molar-refractivity contribution is -0.384. The monoisotopic (exact) mass is 641 g/mol. The highest BCUT2D eigenvalue weighted by molar-refractivity contribution is 5.88. The number of β-amino-alcohol motifs (C(OH)–C–C–N with tert-alkyl or cyclic N) is 1. The minimum absolute atomic E-state index is 0.0611. The Morgan fingerprint density at radius 3 is 2.39 bits per heavy atom. The van der Waals surface area contributed by atoms with Gasteiger partial charge in [0.2, 0.25) is 5.60 Å². The molecular formula is C33H34F3N3O7. The van der Waals surface area contributed by atoms with Crippen molar-refractivity contribution in [2.45, 2.75) is 44.1 Å². The van der Waals surface area contributed by atoms with Gasteiger partial charge in [0.25, 0.3) is 5.69 Å². The van der Waals surface area contributed by atoms with Gasteiger partial charge < -0.3 is 23.9 Å². The summed E-state index contributed by atoms with van der Waals surface area (Å²) in [5.74, 6) is 0.504. The van der Waals surface area contributed by atoms with E-state index in [4.69, 9.17) is 14.2 Å². The number of methoxy groups -OCH3 is 1. The molecule has 244 valence electrons. The van der Waals surface area contributed by atoms with Gasteiger partial charge in [-0.15, -0.1) is 0 Å². The first-order chi connectivity index (χ1) is 21.9. The highest BCUT2D eigenvalue weighted by Crippen LogP contribution is 2.45. The predicted octanol–water partition coefficient (Wildman–Crippen LogP) is 5.95. The van der Waals surface area contributed by atoms with Crippen LogP contribution in [0.2, 0.25) is 0 Å². The number of aromatic nitrogens is 1. The number of carbonyl (C=O) groups is 1. The maximum Gasteiger partial charge on any atom is 0.422 e. The molecule has 10 nitrogen and oxygen atoms in total. The summed E-state index contributed by atoms with van der Waals surface area (Å²) in [4.78, 5) is 24.3. The van der Waals surface area contributed by atoms with E-state index in [0.717, 1.165) is 6.07 Å². The Bertz CT molecular complexity index is 1700. The van der Waals surface area contributed by atoms with Crippen LogP contribution in [0.15, 0.2) is 72.9 Å². The molecule has 1 unspecified atom stereocenters. The van der Waals surface area contributed by atoms with E-state index >= 15 is 0 Å². The average molecular weight is 642 g/mol. The molecule has 3 aromatic carbocycles. The second-order valence-electron chi connectivity index (χ2n) is 11.1. The quantitative estimate of drug-likeness (QED) is 0.121. The van der Waals surface area contributed by atoms with Gasteiger partial charge in [0.1, 0.15) is 6.10 Å². The van der Waals surface area contributed by atoms with E-state index in [1.54, 1.807) is 60.4 Å². The molecule has 1 aliphatic rings. The van der Waals surface area contributed by atoms with Crippen molar-refractivity contribution in [2.24, 2.45) is 0 Å². The first-order valence-corrected chi connectivity index (χ1v) is 14.8. The van der Waals surface area contributed by atoms with Crippen LogP contribution in [0.3, 0.4) is 0 Å². The Labute approximate surface area is 263 Å². The molecule has 1 saturated heterocycles. The summed E-state index contributed by atoms with van der Waals surface area (Å²) in [5, 5.41) is 23.1. The van der Waals surface area contributed by atoms with Crippen molar-refractivity contribution >= 4 is 22.6 Å². The van der Waals surface area contributed by atoms with Gasteiger partial charge in [-0.25, -0.2) is 0 Å². The van der Waals surface area contributed by atoms with E-state index in [-0.39, 0.29) is 60.3 Å². The second kappa shape index (κ2) is 13.4. The van der Waals surface area contributed by atoms with Gasteiger partial charge >= 0.3 is 12.1 Å². The summed E-state index contributed by atoms with van der Waals surface area (Å²) in [6, 6.07) is 17.2. The number of hydrogen-bond acceptors (Lipinski definition) is 8. The van der Waals surface area contributed by atoms with Gasteiger partial charge in [-0.1, -0.05) is 24.3 Å². The minimum Gasteiger partial charge on any atom is -0.493 e. The molecule has 46 heavy (non-hydrogen) atoms. The van der Waals surface area contributed by atoms with Crippen molar-refractivity contribution in [3.8, 4) is 17.2 Å². The fourth-order valence-corrected chi connectivity index (χ4v) is 5.77. The third-order valence-electron chi connectivity index (χ3n) is 8.11. The first kappa shape index (κ1) is 32.8. The number of carbonyl (C=O) groups excluding carboxylic acids is 1. The van der Waals surface area contributed by atoms with Crippen LogP contribution in [-0.2, 0) is 21.6 Å². The number of nitro groups is 1. The molecule has 0 amide bonds. The molecule has 13 heteroatoms. The zero-order valence-electron chi connectivity index (χ0n) is 25.3. The molecule has 1 atom stereocenters. The highest BCUT2D eigenvalue weighted by atomic mass is 19.4. The number of nitro benzene ring substituents is 1. The van der Waals surface area contributed by atoms with Gasteiger partial charge in [0.05, 0.1) is 30.6 Å². The van der Waals surface area contributed by atoms with Gasteiger partial charge in [-0.3, -0.25) is 19.8 Å². The number of likely N-dealkylation sites (tertiary alicyclic amines) is 1. The highest BCUT2D eigenvalue weighted by Gasteiger charge is 2.57. The average Bonchev–Trinajstić information content (AvgIpc) is 3.42. The number of para-hydroxylation sites is 1. The number of non-ortho nitro benzene ring substituents is 1. The number of esters is 1. The fraction of sp³-hybridized carbons (Fsp3) is 0.364. The van der Waals surface area contributed by atoms with Crippen molar-refractivity contribution in [3.05, 3.63) is 94.2 Å². The maximum atomic E-state index is 14.8. The molecular weight excluding hydrogens is 607 g/mol. The second-order valence-corrected chi connectivity index (χ2v) is 11.1.